The van der Waals surface area contributed by atoms with Crippen LogP contribution in [-0.4, -0.2) is 20.2 Å². The average Bonchev–Trinajstić information content (AvgIpc) is 2.92. The van der Waals surface area contributed by atoms with Crippen LogP contribution >= 0.6 is 11.6 Å². The highest BCUT2D eigenvalue weighted by molar-refractivity contribution is 6.33. The van der Waals surface area contributed by atoms with Crippen molar-refractivity contribution < 1.29 is 0 Å². The van der Waals surface area contributed by atoms with Gasteiger partial charge in [0.25, 0.3) is 0 Å². The van der Waals surface area contributed by atoms with E-state index in [9.17, 15) is 0 Å². The van der Waals surface area contributed by atoms with E-state index in [0.29, 0.717) is 22.5 Å². The van der Waals surface area contributed by atoms with Gasteiger partial charge in [0.05, 0.1) is 16.8 Å². The van der Waals surface area contributed by atoms with E-state index in [-0.39, 0.29) is 6.04 Å². The molecule has 1 heterocycles. The summed E-state index contributed by atoms with van der Waals surface area (Å²) >= 11 is 6.08. The first kappa shape index (κ1) is 14.8. The Labute approximate surface area is 124 Å². The molecule has 1 aromatic carbocycles. The van der Waals surface area contributed by atoms with E-state index in [1.165, 1.54) is 0 Å². The Morgan fingerprint density at radius 3 is 2.65 bits per heavy atom. The van der Waals surface area contributed by atoms with Crippen LogP contribution in [0.3, 0.4) is 0 Å². The molecule has 1 aromatic heterocycles. The summed E-state index contributed by atoms with van der Waals surface area (Å²) in [6.45, 7) is 6.50. The molecule has 0 bridgehead atoms. The Bertz CT molecular complexity index is 577. The Hall–Kier alpha value is -1.62. The lowest BCUT2D eigenvalue weighted by atomic mass is 9.95. The van der Waals surface area contributed by atoms with Crippen molar-refractivity contribution in [2.45, 2.75) is 39.7 Å². The van der Waals surface area contributed by atoms with Gasteiger partial charge in [-0.1, -0.05) is 44.4 Å². The van der Waals surface area contributed by atoms with Gasteiger partial charge in [0.1, 0.15) is 0 Å². The maximum atomic E-state index is 6.08. The van der Waals surface area contributed by atoms with Gasteiger partial charge < -0.3 is 5.73 Å². The van der Waals surface area contributed by atoms with Crippen LogP contribution in [0.1, 0.15) is 39.7 Å². The van der Waals surface area contributed by atoms with Gasteiger partial charge in [-0.2, -0.15) is 0 Å². The van der Waals surface area contributed by atoms with Crippen LogP contribution in [-0.2, 0) is 0 Å². The maximum absolute atomic E-state index is 6.08. The summed E-state index contributed by atoms with van der Waals surface area (Å²) in [6.07, 6.45) is 2.17. The van der Waals surface area contributed by atoms with Crippen molar-refractivity contribution >= 4 is 17.3 Å². The molecule has 6 heteroatoms. The van der Waals surface area contributed by atoms with Crippen molar-refractivity contribution in [3.05, 3.63) is 23.2 Å². The first-order chi connectivity index (χ1) is 9.60. The van der Waals surface area contributed by atoms with Crippen LogP contribution in [0.25, 0.3) is 11.4 Å². The molecule has 0 saturated heterocycles. The largest absolute Gasteiger partial charge is 0.397 e. The van der Waals surface area contributed by atoms with Crippen LogP contribution in [0.2, 0.25) is 5.02 Å². The van der Waals surface area contributed by atoms with E-state index in [1.54, 1.807) is 6.07 Å². The molecule has 2 N–H and O–H groups in total. The maximum Gasteiger partial charge on any atom is 0.184 e. The molecule has 1 unspecified atom stereocenters. The van der Waals surface area contributed by atoms with E-state index in [4.69, 9.17) is 17.3 Å². The average molecular weight is 294 g/mol. The third kappa shape index (κ3) is 2.63. The van der Waals surface area contributed by atoms with Crippen molar-refractivity contribution in [3.63, 3.8) is 0 Å². The molecule has 2 rings (SSSR count). The normalized spacial score (nSPS) is 12.8. The van der Waals surface area contributed by atoms with E-state index in [2.05, 4.69) is 36.3 Å². The Balaban J connectivity index is 2.45. The van der Waals surface area contributed by atoms with Gasteiger partial charge in [-0.3, -0.25) is 0 Å². The van der Waals surface area contributed by atoms with E-state index < -0.39 is 0 Å². The number of halogens is 1. The molecule has 0 aliphatic rings. The van der Waals surface area contributed by atoms with Gasteiger partial charge in [0, 0.05) is 5.56 Å². The lowest BCUT2D eigenvalue weighted by molar-refractivity contribution is 0.309. The van der Waals surface area contributed by atoms with Gasteiger partial charge >= 0.3 is 0 Å². The zero-order valence-corrected chi connectivity index (χ0v) is 12.8. The van der Waals surface area contributed by atoms with Crippen molar-refractivity contribution in [3.8, 4) is 11.4 Å². The van der Waals surface area contributed by atoms with E-state index in [1.807, 2.05) is 16.8 Å². The van der Waals surface area contributed by atoms with Crippen LogP contribution in [0.4, 0.5) is 5.69 Å². The molecule has 5 nitrogen and oxygen atoms in total. The molecule has 20 heavy (non-hydrogen) atoms. The number of nitrogen functional groups attached to an aromatic ring is 1. The summed E-state index contributed by atoms with van der Waals surface area (Å²) in [7, 11) is 0. The van der Waals surface area contributed by atoms with E-state index >= 15 is 0 Å². The predicted octanol–water partition coefficient (Wildman–Crippen LogP) is 3.57. The first-order valence-electron chi connectivity index (χ1n) is 6.92. The highest BCUT2D eigenvalue weighted by Gasteiger charge is 2.22. The zero-order valence-electron chi connectivity index (χ0n) is 12.0. The number of hydrogen-bond acceptors (Lipinski definition) is 4. The van der Waals surface area contributed by atoms with Crippen LogP contribution in [0.5, 0.6) is 0 Å². The topological polar surface area (TPSA) is 69.6 Å². The molecule has 2 aromatic rings. The fraction of sp³-hybridized carbons (Fsp3) is 0.500. The summed E-state index contributed by atoms with van der Waals surface area (Å²) in [5.41, 5.74) is 7.34. The minimum atomic E-state index is 0.216. The summed E-state index contributed by atoms with van der Waals surface area (Å²) < 4.78 is 1.85. The highest BCUT2D eigenvalue weighted by Crippen LogP contribution is 2.33. The second kappa shape index (κ2) is 6.22. The number of aromatic nitrogens is 4. The second-order valence-electron chi connectivity index (χ2n) is 4.97. The zero-order chi connectivity index (χ0) is 14.7. The van der Waals surface area contributed by atoms with Crippen LogP contribution < -0.4 is 5.73 Å². The Kier molecular flexibility index (Phi) is 4.60. The molecule has 0 saturated carbocycles. The molecular formula is C14H20ClN5. The van der Waals surface area contributed by atoms with E-state index in [0.717, 1.165) is 18.4 Å². The SMILES string of the molecule is CCC(CC)C(C)n1nnnc1-c1cccc(Cl)c1N. The van der Waals surface area contributed by atoms with Gasteiger partial charge in [-0.05, 0) is 35.4 Å². The number of rotatable bonds is 5. The number of nitrogens with zero attached hydrogens (tertiary/aromatic N) is 4. The minimum Gasteiger partial charge on any atom is -0.397 e. The number of tetrazole rings is 1. The standard InChI is InChI=1S/C14H20ClN5/c1-4-10(5-2)9(3)20-14(17-18-19-20)11-7-6-8-12(15)13(11)16/h6-10H,4-5,16H2,1-3H3. The quantitative estimate of drug-likeness (QED) is 0.856. The van der Waals surface area contributed by atoms with Gasteiger partial charge in [-0.15, -0.1) is 5.10 Å². The molecule has 0 radical (unpaired) electrons. The molecular weight excluding hydrogens is 274 g/mol. The highest BCUT2D eigenvalue weighted by atomic mass is 35.5. The molecule has 0 spiro atoms. The number of para-hydroxylation sites is 1. The summed E-state index contributed by atoms with van der Waals surface area (Å²) in [5.74, 6) is 1.20. The summed E-state index contributed by atoms with van der Waals surface area (Å²) in [5, 5.41) is 12.6. The Morgan fingerprint density at radius 2 is 2.00 bits per heavy atom. The summed E-state index contributed by atoms with van der Waals surface area (Å²) in [6, 6.07) is 5.73. The van der Waals surface area contributed by atoms with Crippen molar-refractivity contribution in [1.82, 2.24) is 20.2 Å². The molecule has 0 fully saturated rings. The fourth-order valence-electron chi connectivity index (χ4n) is 2.55. The summed E-state index contributed by atoms with van der Waals surface area (Å²) in [4.78, 5) is 0. The van der Waals surface area contributed by atoms with Crippen molar-refractivity contribution in [2.75, 3.05) is 5.73 Å². The second-order valence-corrected chi connectivity index (χ2v) is 5.37. The predicted molar refractivity (Wildman–Crippen MR) is 81.5 cm³/mol. The third-order valence-corrected chi connectivity index (χ3v) is 4.23. The lowest BCUT2D eigenvalue weighted by Crippen LogP contribution is -2.18. The van der Waals surface area contributed by atoms with Gasteiger partial charge in [0.15, 0.2) is 5.82 Å². The number of hydrogen-bond donors (Lipinski definition) is 1. The van der Waals surface area contributed by atoms with Crippen LogP contribution in [0.15, 0.2) is 18.2 Å². The molecule has 108 valence electrons. The van der Waals surface area contributed by atoms with Crippen molar-refractivity contribution in [2.24, 2.45) is 5.92 Å². The third-order valence-electron chi connectivity index (χ3n) is 3.90. The monoisotopic (exact) mass is 293 g/mol. The van der Waals surface area contributed by atoms with Gasteiger partial charge in [-0.25, -0.2) is 4.68 Å². The number of benzene rings is 1. The van der Waals surface area contributed by atoms with Gasteiger partial charge in [0.2, 0.25) is 0 Å². The first-order valence-corrected chi connectivity index (χ1v) is 7.30. The van der Waals surface area contributed by atoms with Crippen LogP contribution in [0, 0.1) is 5.92 Å². The molecule has 1 atom stereocenters. The molecule has 0 aliphatic heterocycles. The van der Waals surface area contributed by atoms with Crippen molar-refractivity contribution in [1.29, 1.82) is 0 Å². The smallest absolute Gasteiger partial charge is 0.184 e. The number of anilines is 1. The Morgan fingerprint density at radius 1 is 1.30 bits per heavy atom. The molecule has 0 aliphatic carbocycles. The molecule has 0 amide bonds. The minimum absolute atomic E-state index is 0.216. The lowest BCUT2D eigenvalue weighted by Gasteiger charge is -2.22. The fourth-order valence-corrected chi connectivity index (χ4v) is 2.72. The number of nitrogens with two attached hydrogens (primary N) is 1.